The number of hydrogen-bond donors (Lipinski definition) is 0. The summed E-state index contributed by atoms with van der Waals surface area (Å²) in [7, 11) is -4.77. The Bertz CT molecular complexity index is 588. The number of rotatable bonds is 2. The molecular formula is C9H7Cl2FN2O3S. The summed E-state index contributed by atoms with van der Waals surface area (Å²) in [6, 6.07) is 0. The molecule has 0 bridgehead atoms. The van der Waals surface area contributed by atoms with E-state index in [1.807, 2.05) is 0 Å². The lowest BCUT2D eigenvalue weighted by molar-refractivity contribution is -0.117. The van der Waals surface area contributed by atoms with Gasteiger partial charge in [-0.1, -0.05) is 23.2 Å². The van der Waals surface area contributed by atoms with Crippen LogP contribution in [0.15, 0.2) is 12.4 Å². The molecule has 1 aliphatic rings. The van der Waals surface area contributed by atoms with E-state index in [0.717, 1.165) is 4.90 Å². The number of pyridine rings is 1. The molecule has 9 heteroatoms. The second kappa shape index (κ2) is 4.64. The van der Waals surface area contributed by atoms with E-state index in [0.29, 0.717) is 0 Å². The van der Waals surface area contributed by atoms with Crippen molar-refractivity contribution in [3.05, 3.63) is 22.4 Å². The first-order valence-corrected chi connectivity index (χ1v) is 7.04. The maximum absolute atomic E-state index is 12.9. The Morgan fingerprint density at radius 2 is 1.89 bits per heavy atom. The molecule has 1 saturated heterocycles. The Hall–Kier alpha value is -0.920. The first kappa shape index (κ1) is 13.5. The normalized spacial score (nSPS) is 20.5. The van der Waals surface area contributed by atoms with Crippen LogP contribution in [0.3, 0.4) is 0 Å². The van der Waals surface area contributed by atoms with Gasteiger partial charge in [0.05, 0.1) is 15.7 Å². The van der Waals surface area contributed by atoms with Crippen molar-refractivity contribution in [1.29, 1.82) is 0 Å². The lowest BCUT2D eigenvalue weighted by atomic mass is 10.3. The molecule has 0 spiro atoms. The largest absolute Gasteiger partial charge is 0.308 e. The summed E-state index contributed by atoms with van der Waals surface area (Å²) in [5.41, 5.74) is 0.157. The molecule has 5 nitrogen and oxygen atoms in total. The number of carbonyl (C=O) groups excluding carboxylic acids is 1. The summed E-state index contributed by atoms with van der Waals surface area (Å²) >= 11 is 11.7. The molecule has 1 amide bonds. The highest BCUT2D eigenvalue weighted by molar-refractivity contribution is 7.87. The number of amides is 1. The summed E-state index contributed by atoms with van der Waals surface area (Å²) in [5.74, 6) is -0.545. The lowest BCUT2D eigenvalue weighted by Gasteiger charge is -2.18. The Balaban J connectivity index is 2.39. The summed E-state index contributed by atoms with van der Waals surface area (Å²) in [4.78, 5) is 16.5. The van der Waals surface area contributed by atoms with Crippen LogP contribution >= 0.6 is 23.2 Å². The van der Waals surface area contributed by atoms with E-state index in [1.165, 1.54) is 12.4 Å². The van der Waals surface area contributed by atoms with Crippen molar-refractivity contribution in [3.8, 4) is 0 Å². The van der Waals surface area contributed by atoms with Crippen molar-refractivity contribution in [1.82, 2.24) is 4.98 Å². The zero-order valence-corrected chi connectivity index (χ0v) is 11.1. The van der Waals surface area contributed by atoms with Crippen molar-refractivity contribution in [2.45, 2.75) is 11.7 Å². The van der Waals surface area contributed by atoms with Crippen LogP contribution in [0.1, 0.15) is 6.42 Å². The van der Waals surface area contributed by atoms with Crippen LogP contribution in [-0.2, 0) is 15.0 Å². The van der Waals surface area contributed by atoms with E-state index < -0.39 is 27.8 Å². The molecule has 18 heavy (non-hydrogen) atoms. The van der Waals surface area contributed by atoms with Crippen LogP contribution in [0, 0.1) is 0 Å². The highest BCUT2D eigenvalue weighted by Crippen LogP contribution is 2.36. The predicted molar refractivity (Wildman–Crippen MR) is 65.0 cm³/mol. The van der Waals surface area contributed by atoms with E-state index in [1.54, 1.807) is 0 Å². The third-order valence-corrected chi connectivity index (χ3v) is 4.25. The Morgan fingerprint density at radius 3 is 2.33 bits per heavy atom. The molecule has 0 aromatic carbocycles. The molecule has 1 atom stereocenters. The minimum atomic E-state index is -4.77. The summed E-state index contributed by atoms with van der Waals surface area (Å²) in [5, 5.41) is -1.18. The fourth-order valence-corrected chi connectivity index (χ4v) is 2.98. The quantitative estimate of drug-likeness (QED) is 0.781. The van der Waals surface area contributed by atoms with Crippen LogP contribution < -0.4 is 4.90 Å². The number of carbonyl (C=O) groups is 1. The van der Waals surface area contributed by atoms with Gasteiger partial charge in [0.1, 0.15) is 5.25 Å². The van der Waals surface area contributed by atoms with Gasteiger partial charge in [-0.25, -0.2) is 0 Å². The van der Waals surface area contributed by atoms with Crippen molar-refractivity contribution in [2.24, 2.45) is 0 Å². The van der Waals surface area contributed by atoms with Crippen molar-refractivity contribution >= 4 is 45.0 Å². The molecule has 1 aliphatic heterocycles. The van der Waals surface area contributed by atoms with Gasteiger partial charge in [0.15, 0.2) is 0 Å². The number of halogens is 3. The number of anilines is 1. The molecule has 0 aliphatic carbocycles. The summed E-state index contributed by atoms with van der Waals surface area (Å²) < 4.78 is 34.5. The van der Waals surface area contributed by atoms with Crippen LogP contribution in [0.25, 0.3) is 0 Å². The zero-order chi connectivity index (χ0) is 13.5. The van der Waals surface area contributed by atoms with Gasteiger partial charge in [-0.15, -0.1) is 3.89 Å². The first-order valence-electron chi connectivity index (χ1n) is 4.83. The van der Waals surface area contributed by atoms with E-state index in [2.05, 4.69) is 4.98 Å². The van der Waals surface area contributed by atoms with E-state index in [4.69, 9.17) is 23.2 Å². The fraction of sp³-hybridized carbons (Fsp3) is 0.333. The summed E-state index contributed by atoms with van der Waals surface area (Å²) in [6.45, 7) is -0.304. The third-order valence-electron chi connectivity index (χ3n) is 2.59. The number of nitrogens with zero attached hydrogens (tertiary/aromatic N) is 2. The second-order valence-corrected chi connectivity index (χ2v) is 6.19. The van der Waals surface area contributed by atoms with Crippen molar-refractivity contribution in [3.63, 3.8) is 0 Å². The molecule has 1 fully saturated rings. The van der Waals surface area contributed by atoms with Crippen LogP contribution in [0.2, 0.25) is 10.0 Å². The van der Waals surface area contributed by atoms with Crippen LogP contribution in [0.4, 0.5) is 9.57 Å². The van der Waals surface area contributed by atoms with Crippen molar-refractivity contribution < 1.29 is 17.1 Å². The van der Waals surface area contributed by atoms with E-state index >= 15 is 0 Å². The van der Waals surface area contributed by atoms with Crippen LogP contribution in [0.5, 0.6) is 0 Å². The van der Waals surface area contributed by atoms with Crippen molar-refractivity contribution in [2.75, 3.05) is 11.4 Å². The van der Waals surface area contributed by atoms with Gasteiger partial charge in [0.2, 0.25) is 5.91 Å². The number of hydrogen-bond acceptors (Lipinski definition) is 4. The Kier molecular flexibility index (Phi) is 3.48. The van der Waals surface area contributed by atoms with Gasteiger partial charge in [0, 0.05) is 25.4 Å². The topological polar surface area (TPSA) is 67.3 Å². The van der Waals surface area contributed by atoms with Gasteiger partial charge in [-0.3, -0.25) is 9.78 Å². The first-order chi connectivity index (χ1) is 8.30. The highest BCUT2D eigenvalue weighted by atomic mass is 35.5. The minimum Gasteiger partial charge on any atom is -0.308 e. The Morgan fingerprint density at radius 1 is 1.33 bits per heavy atom. The SMILES string of the molecule is O=C1CC(S(=O)(=O)F)CN1c1c(Cl)cncc1Cl. The van der Waals surface area contributed by atoms with Gasteiger partial charge >= 0.3 is 10.2 Å². The minimum absolute atomic E-state index is 0.104. The lowest BCUT2D eigenvalue weighted by Crippen LogP contribution is -2.27. The predicted octanol–water partition coefficient (Wildman–Crippen LogP) is 1.79. The van der Waals surface area contributed by atoms with Gasteiger partial charge in [-0.05, 0) is 0 Å². The monoisotopic (exact) mass is 312 g/mol. The molecule has 0 saturated carbocycles. The molecular weight excluding hydrogens is 306 g/mol. The standard InChI is InChI=1S/C9H7Cl2FN2O3S/c10-6-2-13-3-7(11)9(6)14-4-5(1-8(14)15)18(12,16)17/h2-3,5H,1,4H2. The van der Waals surface area contributed by atoms with E-state index in [-0.39, 0.29) is 22.3 Å². The second-order valence-electron chi connectivity index (χ2n) is 3.76. The molecule has 2 rings (SSSR count). The highest BCUT2D eigenvalue weighted by Gasteiger charge is 2.40. The van der Waals surface area contributed by atoms with Gasteiger partial charge < -0.3 is 4.90 Å². The smallest absolute Gasteiger partial charge is 0.307 e. The molecule has 1 aromatic heterocycles. The average Bonchev–Trinajstić information content (AvgIpc) is 2.60. The Labute approximate surface area is 113 Å². The molecule has 2 heterocycles. The molecule has 98 valence electrons. The molecule has 0 N–H and O–H groups in total. The zero-order valence-electron chi connectivity index (χ0n) is 8.81. The van der Waals surface area contributed by atoms with E-state index in [9.17, 15) is 17.1 Å². The average molecular weight is 313 g/mol. The molecule has 1 aromatic rings. The third kappa shape index (κ3) is 2.43. The van der Waals surface area contributed by atoms with Gasteiger partial charge in [-0.2, -0.15) is 8.42 Å². The maximum Gasteiger partial charge on any atom is 0.307 e. The van der Waals surface area contributed by atoms with Crippen LogP contribution in [-0.4, -0.2) is 31.1 Å². The number of aromatic nitrogens is 1. The molecule has 0 radical (unpaired) electrons. The van der Waals surface area contributed by atoms with Gasteiger partial charge in [0.25, 0.3) is 0 Å². The summed E-state index contributed by atoms with van der Waals surface area (Å²) in [6.07, 6.45) is 2.12. The maximum atomic E-state index is 12.9. The fourth-order valence-electron chi connectivity index (χ4n) is 1.74. The molecule has 1 unspecified atom stereocenters.